The van der Waals surface area contributed by atoms with E-state index in [-0.39, 0.29) is 16.8 Å². The second-order valence-electron chi connectivity index (χ2n) is 7.83. The summed E-state index contributed by atoms with van der Waals surface area (Å²) in [6.45, 7) is 7.59. The number of aromatic nitrogens is 3. The van der Waals surface area contributed by atoms with E-state index in [1.807, 2.05) is 68.1 Å². The van der Waals surface area contributed by atoms with Gasteiger partial charge in [0.2, 0.25) is 15.0 Å². The summed E-state index contributed by atoms with van der Waals surface area (Å²) in [5, 5.41) is 3.25. The van der Waals surface area contributed by atoms with Crippen LogP contribution in [0.25, 0.3) is 0 Å². The zero-order chi connectivity index (χ0) is 21.0. The fraction of sp³-hybridized carbons (Fsp3) is 0.429. The maximum Gasteiger partial charge on any atom is 0.228 e. The molecule has 0 atom stereocenters. The van der Waals surface area contributed by atoms with Crippen LogP contribution < -0.4 is 0 Å². The highest BCUT2D eigenvalue weighted by Crippen LogP contribution is 2.20. The number of thiazole rings is 1. The molecule has 0 N–H and O–H groups in total. The fourth-order valence-electron chi connectivity index (χ4n) is 3.25. The standard InChI is InChI=1S/C21H28N4O2S2/c1-16(2)15-29(26,27)21-22-10-19(25(21)11-18-8-6-5-7-9-18)12-24(4)13-20-23-17(3)14-28-20/h5-10,14,16H,11-13,15H2,1-4H3. The minimum Gasteiger partial charge on any atom is -0.313 e. The van der Waals surface area contributed by atoms with Crippen molar-refractivity contribution in [1.82, 2.24) is 19.4 Å². The van der Waals surface area contributed by atoms with Gasteiger partial charge in [-0.15, -0.1) is 11.3 Å². The maximum absolute atomic E-state index is 12.9. The molecular weight excluding hydrogens is 404 g/mol. The topological polar surface area (TPSA) is 68.1 Å². The molecule has 0 saturated heterocycles. The number of sulfone groups is 1. The van der Waals surface area contributed by atoms with Crippen LogP contribution in [-0.2, 0) is 29.5 Å². The van der Waals surface area contributed by atoms with Gasteiger partial charge in [0.25, 0.3) is 0 Å². The molecule has 2 aromatic heterocycles. The van der Waals surface area contributed by atoms with Crippen LogP contribution >= 0.6 is 11.3 Å². The Morgan fingerprint density at radius 1 is 1.17 bits per heavy atom. The molecule has 0 fully saturated rings. The Balaban J connectivity index is 1.89. The zero-order valence-corrected chi connectivity index (χ0v) is 19.0. The highest BCUT2D eigenvalue weighted by molar-refractivity contribution is 7.91. The van der Waals surface area contributed by atoms with Gasteiger partial charge in [-0.25, -0.2) is 18.4 Å². The summed E-state index contributed by atoms with van der Waals surface area (Å²) in [5.41, 5.74) is 2.95. The lowest BCUT2D eigenvalue weighted by atomic mass is 10.2. The van der Waals surface area contributed by atoms with E-state index in [1.54, 1.807) is 17.5 Å². The molecule has 0 aliphatic heterocycles. The zero-order valence-electron chi connectivity index (χ0n) is 17.4. The van der Waals surface area contributed by atoms with Crippen molar-refractivity contribution >= 4 is 21.2 Å². The van der Waals surface area contributed by atoms with E-state index in [1.165, 1.54) is 0 Å². The molecule has 0 saturated carbocycles. The van der Waals surface area contributed by atoms with Gasteiger partial charge < -0.3 is 4.57 Å². The third-order valence-corrected chi connectivity index (χ3v) is 7.36. The molecule has 6 nitrogen and oxygen atoms in total. The van der Waals surface area contributed by atoms with Gasteiger partial charge in [0.15, 0.2) is 0 Å². The number of aryl methyl sites for hydroxylation is 1. The SMILES string of the molecule is Cc1csc(CN(C)Cc2cnc(S(=O)(=O)CC(C)C)n2Cc2ccccc2)n1. The van der Waals surface area contributed by atoms with Gasteiger partial charge in [-0.1, -0.05) is 44.2 Å². The summed E-state index contributed by atoms with van der Waals surface area (Å²) >= 11 is 1.64. The third-order valence-electron chi connectivity index (χ3n) is 4.42. The van der Waals surface area contributed by atoms with Crippen molar-refractivity contribution in [3.63, 3.8) is 0 Å². The van der Waals surface area contributed by atoms with E-state index in [0.717, 1.165) is 22.0 Å². The Hall–Kier alpha value is -2.03. The van der Waals surface area contributed by atoms with Crippen molar-refractivity contribution in [2.45, 2.75) is 45.6 Å². The smallest absolute Gasteiger partial charge is 0.228 e. The third kappa shape index (κ3) is 5.74. The molecule has 0 bridgehead atoms. The molecule has 0 aliphatic carbocycles. The number of rotatable bonds is 9. The molecule has 1 aromatic carbocycles. The van der Waals surface area contributed by atoms with Crippen LogP contribution in [0.15, 0.2) is 47.1 Å². The quantitative estimate of drug-likeness (QED) is 0.515. The van der Waals surface area contributed by atoms with E-state index in [4.69, 9.17) is 0 Å². The van der Waals surface area contributed by atoms with E-state index in [2.05, 4.69) is 14.9 Å². The Kier molecular flexibility index (Phi) is 6.87. The summed E-state index contributed by atoms with van der Waals surface area (Å²) in [6, 6.07) is 9.89. The number of benzene rings is 1. The predicted molar refractivity (Wildman–Crippen MR) is 117 cm³/mol. The highest BCUT2D eigenvalue weighted by atomic mass is 32.2. The van der Waals surface area contributed by atoms with Gasteiger partial charge in [0, 0.05) is 17.6 Å². The fourth-order valence-corrected chi connectivity index (χ4v) is 5.86. The molecule has 29 heavy (non-hydrogen) atoms. The monoisotopic (exact) mass is 432 g/mol. The molecule has 3 aromatic rings. The number of hydrogen-bond acceptors (Lipinski definition) is 6. The van der Waals surface area contributed by atoms with Crippen LogP contribution in [0.2, 0.25) is 0 Å². The van der Waals surface area contributed by atoms with Crippen LogP contribution in [0, 0.1) is 12.8 Å². The Bertz CT molecular complexity index is 1040. The second kappa shape index (κ2) is 9.19. The van der Waals surface area contributed by atoms with Gasteiger partial charge in [-0.05, 0) is 25.5 Å². The average molecular weight is 433 g/mol. The van der Waals surface area contributed by atoms with Crippen LogP contribution in [0.4, 0.5) is 0 Å². The van der Waals surface area contributed by atoms with Gasteiger partial charge >= 0.3 is 0 Å². The van der Waals surface area contributed by atoms with Gasteiger partial charge in [-0.3, -0.25) is 4.90 Å². The highest BCUT2D eigenvalue weighted by Gasteiger charge is 2.25. The van der Waals surface area contributed by atoms with Crippen LogP contribution in [0.5, 0.6) is 0 Å². The minimum atomic E-state index is -3.46. The molecule has 0 radical (unpaired) electrons. The molecule has 0 amide bonds. The van der Waals surface area contributed by atoms with Crippen molar-refractivity contribution in [3.05, 3.63) is 63.9 Å². The number of nitrogens with zero attached hydrogens (tertiary/aromatic N) is 4. The van der Waals surface area contributed by atoms with Crippen LogP contribution in [-0.4, -0.2) is 40.7 Å². The van der Waals surface area contributed by atoms with Crippen molar-refractivity contribution < 1.29 is 8.42 Å². The first-order valence-corrected chi connectivity index (χ1v) is 12.2. The van der Waals surface area contributed by atoms with Gasteiger partial charge in [-0.2, -0.15) is 0 Å². The van der Waals surface area contributed by atoms with Crippen molar-refractivity contribution in [1.29, 1.82) is 0 Å². The molecule has 0 spiro atoms. The Morgan fingerprint density at radius 3 is 2.52 bits per heavy atom. The lowest BCUT2D eigenvalue weighted by Crippen LogP contribution is -2.22. The van der Waals surface area contributed by atoms with Crippen molar-refractivity contribution in [2.24, 2.45) is 5.92 Å². The molecule has 2 heterocycles. The van der Waals surface area contributed by atoms with Crippen LogP contribution in [0.3, 0.4) is 0 Å². The molecule has 0 aliphatic rings. The molecule has 0 unspecified atom stereocenters. The minimum absolute atomic E-state index is 0.0427. The summed E-state index contributed by atoms with van der Waals surface area (Å²) in [4.78, 5) is 11.0. The van der Waals surface area contributed by atoms with Gasteiger partial charge in [0.1, 0.15) is 5.01 Å². The van der Waals surface area contributed by atoms with Gasteiger partial charge in [0.05, 0.1) is 30.7 Å². The van der Waals surface area contributed by atoms with Crippen molar-refractivity contribution in [3.8, 4) is 0 Å². The van der Waals surface area contributed by atoms with Crippen LogP contribution in [0.1, 0.15) is 35.8 Å². The summed E-state index contributed by atoms with van der Waals surface area (Å²) in [7, 11) is -1.44. The second-order valence-corrected chi connectivity index (χ2v) is 10.7. The summed E-state index contributed by atoms with van der Waals surface area (Å²) < 4.78 is 27.7. The molecule has 156 valence electrons. The summed E-state index contributed by atoms with van der Waals surface area (Å²) in [6.07, 6.45) is 1.69. The Labute approximate surface area is 177 Å². The molecule has 8 heteroatoms. The lowest BCUT2D eigenvalue weighted by Gasteiger charge is -2.18. The largest absolute Gasteiger partial charge is 0.313 e. The Morgan fingerprint density at radius 2 is 1.90 bits per heavy atom. The first-order valence-electron chi connectivity index (χ1n) is 9.65. The average Bonchev–Trinajstić information content (AvgIpc) is 3.21. The van der Waals surface area contributed by atoms with E-state index < -0.39 is 9.84 Å². The normalized spacial score (nSPS) is 12.2. The van der Waals surface area contributed by atoms with Crippen molar-refractivity contribution in [2.75, 3.05) is 12.8 Å². The molecule has 3 rings (SSSR count). The van der Waals surface area contributed by atoms with E-state index >= 15 is 0 Å². The number of hydrogen-bond donors (Lipinski definition) is 0. The van der Waals surface area contributed by atoms with E-state index in [0.29, 0.717) is 19.6 Å². The lowest BCUT2D eigenvalue weighted by molar-refractivity contribution is 0.308. The summed E-state index contributed by atoms with van der Waals surface area (Å²) in [5.74, 6) is 0.132. The number of imidazole rings is 1. The molecular formula is C21H28N4O2S2. The predicted octanol–water partition coefficient (Wildman–Crippen LogP) is 3.76. The van der Waals surface area contributed by atoms with E-state index in [9.17, 15) is 8.42 Å². The maximum atomic E-state index is 12.9. The first kappa shape index (κ1) is 21.7. The first-order chi connectivity index (χ1) is 13.7.